The zero-order chi connectivity index (χ0) is 11.6. The number of ether oxygens (including phenoxy) is 1. The molecule has 5 heteroatoms. The third-order valence-corrected chi connectivity index (χ3v) is 2.68. The molecule has 1 saturated heterocycles. The Balaban J connectivity index is 1.91. The van der Waals surface area contributed by atoms with Gasteiger partial charge in [-0.3, -0.25) is 0 Å². The van der Waals surface area contributed by atoms with Gasteiger partial charge in [-0.2, -0.15) is 4.98 Å². The van der Waals surface area contributed by atoms with Gasteiger partial charge in [0.15, 0.2) is 0 Å². The van der Waals surface area contributed by atoms with Crippen molar-refractivity contribution in [3.63, 3.8) is 0 Å². The molecule has 90 valence electrons. The minimum absolute atomic E-state index is 0.0309. The lowest BCUT2D eigenvalue weighted by Gasteiger charge is -2.16. The summed E-state index contributed by atoms with van der Waals surface area (Å²) in [4.78, 5) is 4.34. The largest absolute Gasteiger partial charge is 0.370 e. The van der Waals surface area contributed by atoms with Crippen molar-refractivity contribution in [2.45, 2.75) is 51.2 Å². The highest BCUT2D eigenvalue weighted by Crippen LogP contribution is 2.26. The number of nitrogens with zero attached hydrogens (tertiary/aromatic N) is 2. The lowest BCUT2D eigenvalue weighted by atomic mass is 10.0. The summed E-state index contributed by atoms with van der Waals surface area (Å²) in [7, 11) is 0. The first-order chi connectivity index (χ1) is 7.54. The van der Waals surface area contributed by atoms with Crippen molar-refractivity contribution in [1.29, 1.82) is 0 Å². The molecule has 5 nitrogen and oxygen atoms in total. The van der Waals surface area contributed by atoms with Crippen molar-refractivity contribution in [2.24, 2.45) is 5.73 Å². The molecule has 0 radical (unpaired) electrons. The lowest BCUT2D eigenvalue weighted by Crippen LogP contribution is -2.32. The second-order valence-electron chi connectivity index (χ2n) is 5.04. The Morgan fingerprint density at radius 2 is 2.31 bits per heavy atom. The predicted molar refractivity (Wildman–Crippen MR) is 58.8 cm³/mol. The highest BCUT2D eigenvalue weighted by Gasteiger charge is 2.23. The van der Waals surface area contributed by atoms with Crippen LogP contribution in [0.1, 0.15) is 50.9 Å². The van der Waals surface area contributed by atoms with E-state index in [0.717, 1.165) is 32.3 Å². The maximum atomic E-state index is 5.90. The van der Waals surface area contributed by atoms with E-state index in [9.17, 15) is 0 Å². The standard InChI is InChI=1S/C11H19N3O2/c1-11(2,12)6-5-9-13-10(14-16-9)8-4-3-7-15-8/h8H,3-7,12H2,1-2H3. The van der Waals surface area contributed by atoms with Crippen LogP contribution in [0.3, 0.4) is 0 Å². The van der Waals surface area contributed by atoms with E-state index < -0.39 is 0 Å². The summed E-state index contributed by atoms with van der Waals surface area (Å²) in [6, 6.07) is 0. The minimum Gasteiger partial charge on any atom is -0.370 e. The maximum absolute atomic E-state index is 5.90. The SMILES string of the molecule is CC(C)(N)CCc1nc(C2CCCO2)no1. The van der Waals surface area contributed by atoms with Gasteiger partial charge in [0.1, 0.15) is 6.10 Å². The topological polar surface area (TPSA) is 74.2 Å². The second-order valence-corrected chi connectivity index (χ2v) is 5.04. The molecule has 0 saturated carbocycles. The van der Waals surface area contributed by atoms with Gasteiger partial charge in [0.2, 0.25) is 11.7 Å². The van der Waals surface area contributed by atoms with Gasteiger partial charge in [0.05, 0.1) is 0 Å². The van der Waals surface area contributed by atoms with Crippen LogP contribution >= 0.6 is 0 Å². The third-order valence-electron chi connectivity index (χ3n) is 2.68. The molecule has 0 amide bonds. The van der Waals surface area contributed by atoms with E-state index >= 15 is 0 Å². The van der Waals surface area contributed by atoms with Crippen LogP contribution in [0.25, 0.3) is 0 Å². The van der Waals surface area contributed by atoms with E-state index in [2.05, 4.69) is 10.1 Å². The molecule has 1 aromatic heterocycles. The maximum Gasteiger partial charge on any atom is 0.226 e. The lowest BCUT2D eigenvalue weighted by molar-refractivity contribution is 0.103. The Labute approximate surface area is 95.3 Å². The second kappa shape index (κ2) is 4.51. The summed E-state index contributed by atoms with van der Waals surface area (Å²) in [6.07, 6.45) is 3.65. The first-order valence-corrected chi connectivity index (χ1v) is 5.77. The van der Waals surface area contributed by atoms with E-state index in [-0.39, 0.29) is 11.6 Å². The number of aryl methyl sites for hydroxylation is 1. The first kappa shape index (κ1) is 11.5. The zero-order valence-electron chi connectivity index (χ0n) is 9.90. The highest BCUT2D eigenvalue weighted by molar-refractivity contribution is 4.94. The van der Waals surface area contributed by atoms with Gasteiger partial charge in [0.25, 0.3) is 0 Å². The van der Waals surface area contributed by atoms with Gasteiger partial charge in [-0.25, -0.2) is 0 Å². The third kappa shape index (κ3) is 3.02. The van der Waals surface area contributed by atoms with Crippen LogP contribution in [-0.4, -0.2) is 22.3 Å². The van der Waals surface area contributed by atoms with Crippen molar-refractivity contribution in [1.82, 2.24) is 10.1 Å². The van der Waals surface area contributed by atoms with Crippen LogP contribution in [0, 0.1) is 0 Å². The van der Waals surface area contributed by atoms with Crippen molar-refractivity contribution < 1.29 is 9.26 Å². The Hall–Kier alpha value is -0.940. The normalized spacial score (nSPS) is 21.6. The van der Waals surface area contributed by atoms with Crippen molar-refractivity contribution >= 4 is 0 Å². The fraction of sp³-hybridized carbons (Fsp3) is 0.818. The molecule has 1 atom stereocenters. The molecule has 1 aromatic rings. The number of nitrogens with two attached hydrogens (primary N) is 1. The summed E-state index contributed by atoms with van der Waals surface area (Å²) in [5.41, 5.74) is 5.70. The molecule has 2 heterocycles. The van der Waals surface area contributed by atoms with E-state index in [1.807, 2.05) is 13.8 Å². The van der Waals surface area contributed by atoms with Crippen LogP contribution in [0.5, 0.6) is 0 Å². The van der Waals surface area contributed by atoms with E-state index in [1.54, 1.807) is 0 Å². The number of rotatable bonds is 4. The fourth-order valence-corrected chi connectivity index (χ4v) is 1.71. The number of hydrogen-bond acceptors (Lipinski definition) is 5. The van der Waals surface area contributed by atoms with Crippen LogP contribution < -0.4 is 5.73 Å². The molecule has 16 heavy (non-hydrogen) atoms. The molecular weight excluding hydrogens is 206 g/mol. The fourth-order valence-electron chi connectivity index (χ4n) is 1.71. The van der Waals surface area contributed by atoms with Crippen molar-refractivity contribution in [3.05, 3.63) is 11.7 Å². The Morgan fingerprint density at radius 1 is 1.50 bits per heavy atom. The Bertz CT molecular complexity index is 337. The average molecular weight is 225 g/mol. The van der Waals surface area contributed by atoms with E-state index in [4.69, 9.17) is 15.0 Å². The molecule has 2 rings (SSSR count). The van der Waals surface area contributed by atoms with Gasteiger partial charge in [-0.15, -0.1) is 0 Å². The molecule has 1 fully saturated rings. The van der Waals surface area contributed by atoms with E-state index in [0.29, 0.717) is 11.7 Å². The Kier molecular flexibility index (Phi) is 3.25. The molecular formula is C11H19N3O2. The van der Waals surface area contributed by atoms with Crippen LogP contribution in [0.2, 0.25) is 0 Å². The monoisotopic (exact) mass is 225 g/mol. The zero-order valence-corrected chi connectivity index (χ0v) is 9.90. The van der Waals surface area contributed by atoms with Crippen molar-refractivity contribution in [2.75, 3.05) is 6.61 Å². The number of aromatic nitrogens is 2. The molecule has 0 bridgehead atoms. The van der Waals surface area contributed by atoms with Crippen LogP contribution in [-0.2, 0) is 11.2 Å². The molecule has 0 aliphatic carbocycles. The number of hydrogen-bond donors (Lipinski definition) is 1. The predicted octanol–water partition coefficient (Wildman–Crippen LogP) is 1.59. The summed E-state index contributed by atoms with van der Waals surface area (Å²) < 4.78 is 10.7. The van der Waals surface area contributed by atoms with Gasteiger partial charge in [-0.1, -0.05) is 5.16 Å². The molecule has 1 aliphatic heterocycles. The first-order valence-electron chi connectivity index (χ1n) is 5.77. The highest BCUT2D eigenvalue weighted by atomic mass is 16.5. The quantitative estimate of drug-likeness (QED) is 0.842. The summed E-state index contributed by atoms with van der Waals surface area (Å²) in [6.45, 7) is 4.78. The van der Waals surface area contributed by atoms with Gasteiger partial charge in [0, 0.05) is 18.6 Å². The summed E-state index contributed by atoms with van der Waals surface area (Å²) in [5.74, 6) is 1.34. The Morgan fingerprint density at radius 3 is 2.94 bits per heavy atom. The smallest absolute Gasteiger partial charge is 0.226 e. The minimum atomic E-state index is -0.196. The van der Waals surface area contributed by atoms with Gasteiger partial charge >= 0.3 is 0 Å². The summed E-state index contributed by atoms with van der Waals surface area (Å²) >= 11 is 0. The van der Waals surface area contributed by atoms with E-state index in [1.165, 1.54) is 0 Å². The molecule has 1 unspecified atom stereocenters. The molecule has 2 N–H and O–H groups in total. The van der Waals surface area contributed by atoms with Gasteiger partial charge in [-0.05, 0) is 33.1 Å². The molecule has 0 aromatic carbocycles. The van der Waals surface area contributed by atoms with Crippen LogP contribution in [0.4, 0.5) is 0 Å². The molecule has 1 aliphatic rings. The van der Waals surface area contributed by atoms with Crippen molar-refractivity contribution in [3.8, 4) is 0 Å². The average Bonchev–Trinajstić information content (AvgIpc) is 2.84. The van der Waals surface area contributed by atoms with Crippen LogP contribution in [0.15, 0.2) is 4.52 Å². The van der Waals surface area contributed by atoms with Gasteiger partial charge < -0.3 is 15.0 Å². The molecule has 0 spiro atoms. The summed E-state index contributed by atoms with van der Waals surface area (Å²) in [5, 5.41) is 3.95.